The number of fused-ring (bicyclic) bond motifs is 1. The Morgan fingerprint density at radius 3 is 2.38 bits per heavy atom. The molecule has 2 fully saturated rings. The van der Waals surface area contributed by atoms with Crippen molar-refractivity contribution in [3.05, 3.63) is 0 Å². The predicted octanol–water partition coefficient (Wildman–Crippen LogP) is -0.578. The van der Waals surface area contributed by atoms with Crippen LogP contribution in [0.15, 0.2) is 0 Å². The summed E-state index contributed by atoms with van der Waals surface area (Å²) < 4.78 is 10.4. The van der Waals surface area contributed by atoms with E-state index in [1.54, 1.807) is 20.8 Å². The van der Waals surface area contributed by atoms with E-state index in [0.29, 0.717) is 0 Å². The first-order chi connectivity index (χ1) is 7.35. The molecule has 2 aliphatic heterocycles. The van der Waals surface area contributed by atoms with Crippen LogP contribution in [0.25, 0.3) is 0 Å². The number of carbonyl (C=O) groups is 2. The molecule has 0 aliphatic carbocycles. The summed E-state index contributed by atoms with van der Waals surface area (Å²) in [5.74, 6) is -1.04. The van der Waals surface area contributed by atoms with Gasteiger partial charge in [-0.15, -0.1) is 0 Å². The zero-order chi connectivity index (χ0) is 12.2. The van der Waals surface area contributed by atoms with E-state index >= 15 is 0 Å². The monoisotopic (exact) mass is 293 g/mol. The number of β-lactam (4-membered cyclic amide) rings is 1. The van der Waals surface area contributed by atoms with Gasteiger partial charge in [-0.05, 0) is 0 Å². The molecule has 1 amide bonds. The Labute approximate surface area is 97.7 Å². The van der Waals surface area contributed by atoms with Crippen molar-refractivity contribution in [2.45, 2.75) is 37.2 Å². The van der Waals surface area contributed by atoms with Crippen molar-refractivity contribution in [3.8, 4) is 0 Å². The van der Waals surface area contributed by atoms with Crippen LogP contribution in [0.5, 0.6) is 0 Å². The molecule has 2 N–H and O–H groups in total. The van der Waals surface area contributed by atoms with Crippen LogP contribution in [0.3, 0.4) is 0 Å². The first kappa shape index (κ1) is 11.9. The van der Waals surface area contributed by atoms with E-state index in [0.717, 1.165) is 0 Å². The fourth-order valence-electron chi connectivity index (χ4n) is 2.52. The normalized spacial score (nSPS) is 43.9. The van der Waals surface area contributed by atoms with Crippen LogP contribution in [0, 0.1) is 11.8 Å². The van der Waals surface area contributed by atoms with Gasteiger partial charge in [0.25, 0.3) is 0 Å². The van der Waals surface area contributed by atoms with Crippen molar-refractivity contribution in [1.29, 1.82) is 0 Å². The molecule has 2 unspecified atom stereocenters. The van der Waals surface area contributed by atoms with E-state index in [4.69, 9.17) is 0 Å². The maximum absolute atomic E-state index is 12.1. The molecule has 0 spiro atoms. The number of hydrogen-bond acceptors (Lipinski definition) is 4. The van der Waals surface area contributed by atoms with Crippen LogP contribution in [-0.4, -0.2) is 41.7 Å². The van der Waals surface area contributed by atoms with Crippen LogP contribution in [0.4, 0.5) is 0 Å². The third-order valence-electron chi connectivity index (χ3n) is 3.54. The van der Waals surface area contributed by atoms with Gasteiger partial charge in [0.15, 0.2) is 0 Å². The number of hydrogen-bond donors (Lipinski definition) is 2. The van der Waals surface area contributed by atoms with E-state index in [1.165, 1.54) is 0 Å². The van der Waals surface area contributed by atoms with Crippen LogP contribution < -0.4 is 5.32 Å². The molecule has 2 heterocycles. The maximum atomic E-state index is 12.1. The van der Waals surface area contributed by atoms with Crippen molar-refractivity contribution in [2.75, 3.05) is 0 Å². The van der Waals surface area contributed by atoms with Crippen molar-refractivity contribution < 1.29 is 18.5 Å². The van der Waals surface area contributed by atoms with Crippen LogP contribution in [-0.2, 0) is 13.4 Å². The molecule has 2 saturated heterocycles. The summed E-state index contributed by atoms with van der Waals surface area (Å²) in [7, 11) is 0. The number of nitrogens with one attached hydrogen (secondary N) is 1. The van der Waals surface area contributed by atoms with Gasteiger partial charge < -0.3 is 0 Å². The van der Waals surface area contributed by atoms with Crippen LogP contribution in [0.2, 0.25) is 4.31 Å². The van der Waals surface area contributed by atoms with Crippen molar-refractivity contribution in [1.82, 2.24) is 5.32 Å². The Balaban J connectivity index is 2.48. The molecule has 6 heteroatoms. The third kappa shape index (κ3) is 1.10. The van der Waals surface area contributed by atoms with Gasteiger partial charge in [0.1, 0.15) is 0 Å². The molecule has 0 radical (unpaired) electrons. The molecule has 5 atom stereocenters. The quantitative estimate of drug-likeness (QED) is 0.527. The summed E-state index contributed by atoms with van der Waals surface area (Å²) in [5, 5.41) is 12.7. The fourth-order valence-corrected chi connectivity index (χ4v) is 6.75. The molecule has 2 aliphatic rings. The molecule has 2 rings (SSSR count). The number of rotatable bonds is 2. The van der Waals surface area contributed by atoms with Crippen molar-refractivity contribution >= 4 is 24.4 Å². The molecule has 90 valence electrons. The average molecular weight is 292 g/mol. The number of aliphatic hydroxyl groups is 1. The number of carbonyl (C=O) groups excluding carboxylic acids is 2. The molecule has 0 aromatic rings. The summed E-state index contributed by atoms with van der Waals surface area (Å²) in [6.45, 7) is 5.18. The Hall–Kier alpha value is -0.581. The average Bonchev–Trinajstić information content (AvgIpc) is 2.36. The van der Waals surface area contributed by atoms with Gasteiger partial charge in [-0.1, -0.05) is 0 Å². The van der Waals surface area contributed by atoms with E-state index in [9.17, 15) is 18.5 Å². The zero-order valence-corrected chi connectivity index (χ0v) is 11.1. The summed E-state index contributed by atoms with van der Waals surface area (Å²) in [4.78, 5) is 23.4. The fraction of sp³-hybridized carbons (Fsp3) is 0.800. The molecule has 0 bridgehead atoms. The first-order valence-corrected chi connectivity index (χ1v) is 7.71. The number of aliphatic hydroxyl groups excluding tert-OH is 1. The van der Waals surface area contributed by atoms with Gasteiger partial charge in [0.05, 0.1) is 0 Å². The second kappa shape index (κ2) is 3.45. The number of amides is 1. The molecular weight excluding hydrogens is 277 g/mol. The predicted molar refractivity (Wildman–Crippen MR) is 56.1 cm³/mol. The summed E-state index contributed by atoms with van der Waals surface area (Å²) in [5.41, 5.74) is 0. The summed E-state index contributed by atoms with van der Waals surface area (Å²) >= 11 is -2.98. The first-order valence-electron chi connectivity index (χ1n) is 5.29. The van der Waals surface area contributed by atoms with Gasteiger partial charge >= 0.3 is 97.3 Å². The molecule has 5 nitrogen and oxygen atoms in total. The standard InChI is InChI=1S/C10H15NO4Se/c1-4(2)7(12)10-6(11-9(10)14)5(3)8(13)16(10)15/h4-7,12H,1-3H3,(H,11,14)/t5?,6-,7-,10-,16?/m0/s1. The Morgan fingerprint density at radius 1 is 1.44 bits per heavy atom. The van der Waals surface area contributed by atoms with Gasteiger partial charge in [0.2, 0.25) is 0 Å². The Morgan fingerprint density at radius 2 is 2.00 bits per heavy atom. The van der Waals surface area contributed by atoms with Crippen molar-refractivity contribution in [2.24, 2.45) is 11.8 Å². The van der Waals surface area contributed by atoms with Gasteiger partial charge in [0, 0.05) is 0 Å². The minimum absolute atomic E-state index is 0.188. The van der Waals surface area contributed by atoms with E-state index in [-0.39, 0.29) is 10.6 Å². The summed E-state index contributed by atoms with van der Waals surface area (Å²) in [6, 6.07) is -0.438. The zero-order valence-electron chi connectivity index (χ0n) is 9.39. The SMILES string of the molecule is CC(C)[C@H](O)[C@]12C(=O)N[C@H]1C(C)C(=O)[Se]2=O. The second-order valence-corrected chi connectivity index (χ2v) is 8.20. The second-order valence-electron chi connectivity index (χ2n) is 4.81. The van der Waals surface area contributed by atoms with Crippen molar-refractivity contribution in [3.63, 3.8) is 0 Å². The minimum atomic E-state index is -2.98. The van der Waals surface area contributed by atoms with Gasteiger partial charge in [-0.25, -0.2) is 0 Å². The molecule has 0 aromatic heterocycles. The van der Waals surface area contributed by atoms with E-state index in [2.05, 4.69) is 5.32 Å². The van der Waals surface area contributed by atoms with E-state index in [1.807, 2.05) is 0 Å². The summed E-state index contributed by atoms with van der Waals surface area (Å²) in [6.07, 6.45) is -0.998. The van der Waals surface area contributed by atoms with Crippen LogP contribution >= 0.6 is 0 Å². The molecule has 0 aromatic carbocycles. The third-order valence-corrected chi connectivity index (χ3v) is 7.80. The molecule has 0 saturated carbocycles. The van der Waals surface area contributed by atoms with E-state index < -0.39 is 42.1 Å². The Kier molecular flexibility index (Phi) is 2.57. The van der Waals surface area contributed by atoms with Crippen LogP contribution in [0.1, 0.15) is 20.8 Å². The Bertz CT molecular complexity index is 394. The topological polar surface area (TPSA) is 83.5 Å². The van der Waals surface area contributed by atoms with Gasteiger partial charge in [-0.2, -0.15) is 0 Å². The van der Waals surface area contributed by atoms with Gasteiger partial charge in [-0.3, -0.25) is 0 Å². The molecular formula is C10H15NO4Se. The molecule has 16 heavy (non-hydrogen) atoms.